The van der Waals surface area contributed by atoms with Crippen LogP contribution in [0.4, 0.5) is 17.1 Å². The average molecular weight is 725 g/mol. The molecular formula is C55H36N2. The van der Waals surface area contributed by atoms with Crippen LogP contribution in [-0.2, 0) is 5.41 Å². The summed E-state index contributed by atoms with van der Waals surface area (Å²) in [5.41, 5.74) is 19.3. The molecule has 2 aliphatic rings. The van der Waals surface area contributed by atoms with E-state index in [0.717, 1.165) is 17.1 Å². The Hall–Kier alpha value is -7.42. The second-order valence-electron chi connectivity index (χ2n) is 15.3. The first kappa shape index (κ1) is 31.9. The second kappa shape index (κ2) is 12.3. The van der Waals surface area contributed by atoms with Crippen LogP contribution >= 0.6 is 0 Å². The lowest BCUT2D eigenvalue weighted by Crippen LogP contribution is -2.33. The molecule has 0 saturated carbocycles. The number of anilines is 3. The summed E-state index contributed by atoms with van der Waals surface area (Å²) in [5, 5.41) is 2.58. The van der Waals surface area contributed by atoms with Crippen molar-refractivity contribution >= 4 is 38.9 Å². The largest absolute Gasteiger partial charge is 0.310 e. The summed E-state index contributed by atoms with van der Waals surface area (Å²) in [6.45, 7) is 0. The van der Waals surface area contributed by atoms with Gasteiger partial charge in [0.15, 0.2) is 0 Å². The standard InChI is InChI=1S/C55H36N2/c1-3-15-37(16-4-1)38-29-31-39(32-30-38)40-17-13-20-42(35-40)56(41-18-5-2-6-19-41)43-33-34-49-47(36-43)44-21-7-9-24-48(44)55(49)50-25-10-12-28-53(50)57-52-27-11-8-22-45(52)46-23-14-26-51(55)54(46)57/h1-36H. The van der Waals surface area contributed by atoms with Crippen LogP contribution < -0.4 is 4.90 Å². The topological polar surface area (TPSA) is 8.17 Å². The minimum absolute atomic E-state index is 0.478. The van der Waals surface area contributed by atoms with E-state index in [4.69, 9.17) is 0 Å². The Labute approximate surface area is 332 Å². The molecule has 1 aliphatic carbocycles. The lowest BCUT2D eigenvalue weighted by atomic mass is 9.65. The normalized spacial score (nSPS) is 14.7. The molecule has 57 heavy (non-hydrogen) atoms. The van der Waals surface area contributed by atoms with E-state index in [9.17, 15) is 0 Å². The highest BCUT2D eigenvalue weighted by atomic mass is 15.1. The summed E-state index contributed by atoms with van der Waals surface area (Å²) < 4.78 is 2.51. The highest BCUT2D eigenvalue weighted by Gasteiger charge is 2.50. The van der Waals surface area contributed by atoms with Gasteiger partial charge in [-0.2, -0.15) is 0 Å². The lowest BCUT2D eigenvalue weighted by Gasteiger charge is -2.39. The van der Waals surface area contributed by atoms with Crippen LogP contribution in [0.1, 0.15) is 22.3 Å². The minimum atomic E-state index is -0.478. The van der Waals surface area contributed by atoms with Crippen molar-refractivity contribution in [1.29, 1.82) is 0 Å². The average Bonchev–Trinajstić information content (AvgIpc) is 3.78. The van der Waals surface area contributed by atoms with Gasteiger partial charge in [-0.15, -0.1) is 0 Å². The van der Waals surface area contributed by atoms with Crippen LogP contribution in [-0.4, -0.2) is 4.57 Å². The molecule has 0 saturated heterocycles. The Morgan fingerprint density at radius 1 is 0.333 bits per heavy atom. The van der Waals surface area contributed by atoms with Gasteiger partial charge in [-0.1, -0.05) is 170 Å². The van der Waals surface area contributed by atoms with Gasteiger partial charge in [0.1, 0.15) is 0 Å². The summed E-state index contributed by atoms with van der Waals surface area (Å²) in [6, 6.07) is 80.4. The molecule has 2 heteroatoms. The van der Waals surface area contributed by atoms with Gasteiger partial charge in [-0.25, -0.2) is 0 Å². The molecule has 266 valence electrons. The molecule has 10 aromatic rings. The fourth-order valence-corrected chi connectivity index (χ4v) is 10.0. The van der Waals surface area contributed by atoms with Gasteiger partial charge in [0.2, 0.25) is 0 Å². The number of nitrogens with zero attached hydrogens (tertiary/aromatic N) is 2. The fourth-order valence-electron chi connectivity index (χ4n) is 10.0. The molecule has 1 atom stereocenters. The smallest absolute Gasteiger partial charge is 0.0754 e. The monoisotopic (exact) mass is 724 g/mol. The Bertz CT molecular complexity index is 3180. The molecule has 1 spiro atoms. The van der Waals surface area contributed by atoms with Crippen LogP contribution in [0, 0.1) is 0 Å². The number of aromatic nitrogens is 1. The predicted molar refractivity (Wildman–Crippen MR) is 237 cm³/mol. The summed E-state index contributed by atoms with van der Waals surface area (Å²) in [5.74, 6) is 0. The number of hydrogen-bond donors (Lipinski definition) is 0. The molecule has 1 aromatic heterocycles. The maximum Gasteiger partial charge on any atom is 0.0754 e. The molecule has 1 aliphatic heterocycles. The quantitative estimate of drug-likeness (QED) is 0.172. The minimum Gasteiger partial charge on any atom is -0.310 e. The van der Waals surface area contributed by atoms with E-state index in [-0.39, 0.29) is 0 Å². The SMILES string of the molecule is c1ccc(-c2ccc(-c3cccc(N(c4ccccc4)c4ccc5c(c4)-c4ccccc4C54c5ccccc5-n5c6ccccc6c6cccc4c65)c3)cc2)cc1. The highest BCUT2D eigenvalue weighted by molar-refractivity contribution is 6.13. The summed E-state index contributed by atoms with van der Waals surface area (Å²) >= 11 is 0. The summed E-state index contributed by atoms with van der Waals surface area (Å²) in [4.78, 5) is 2.41. The molecule has 0 N–H and O–H groups in total. The Morgan fingerprint density at radius 2 is 0.895 bits per heavy atom. The van der Waals surface area contributed by atoms with Crippen LogP contribution in [0.25, 0.3) is 60.9 Å². The molecule has 2 nitrogen and oxygen atoms in total. The first-order valence-corrected chi connectivity index (χ1v) is 19.8. The van der Waals surface area contributed by atoms with Crippen molar-refractivity contribution in [2.75, 3.05) is 4.90 Å². The van der Waals surface area contributed by atoms with E-state index in [1.807, 2.05) is 0 Å². The van der Waals surface area contributed by atoms with E-state index in [1.54, 1.807) is 0 Å². The molecule has 12 rings (SSSR count). The van der Waals surface area contributed by atoms with Gasteiger partial charge in [0.05, 0.1) is 22.1 Å². The maximum absolute atomic E-state index is 2.51. The van der Waals surface area contributed by atoms with Gasteiger partial charge in [0.25, 0.3) is 0 Å². The van der Waals surface area contributed by atoms with Crippen molar-refractivity contribution in [1.82, 2.24) is 4.57 Å². The number of rotatable bonds is 5. The van der Waals surface area contributed by atoms with E-state index in [1.165, 1.54) is 83.1 Å². The van der Waals surface area contributed by atoms with Crippen molar-refractivity contribution in [3.8, 4) is 39.1 Å². The molecule has 0 amide bonds. The third-order valence-corrected chi connectivity index (χ3v) is 12.4. The van der Waals surface area contributed by atoms with E-state index in [2.05, 4.69) is 228 Å². The van der Waals surface area contributed by atoms with Gasteiger partial charge in [-0.3, -0.25) is 0 Å². The third-order valence-electron chi connectivity index (χ3n) is 12.4. The van der Waals surface area contributed by atoms with Crippen molar-refractivity contribution in [3.05, 3.63) is 241 Å². The summed E-state index contributed by atoms with van der Waals surface area (Å²) in [7, 11) is 0. The molecular weight excluding hydrogens is 689 g/mol. The Kier molecular flexibility index (Phi) is 6.88. The Balaban J connectivity index is 1.06. The number of para-hydroxylation sites is 4. The molecule has 0 radical (unpaired) electrons. The number of hydrogen-bond acceptors (Lipinski definition) is 1. The predicted octanol–water partition coefficient (Wildman–Crippen LogP) is 14.3. The zero-order chi connectivity index (χ0) is 37.5. The highest BCUT2D eigenvalue weighted by Crippen LogP contribution is 2.61. The fraction of sp³-hybridized carbons (Fsp3) is 0.0182. The molecule has 0 fully saturated rings. The van der Waals surface area contributed by atoms with Gasteiger partial charge < -0.3 is 9.47 Å². The van der Waals surface area contributed by atoms with E-state index < -0.39 is 5.41 Å². The van der Waals surface area contributed by atoms with Crippen LogP contribution in [0.5, 0.6) is 0 Å². The van der Waals surface area contributed by atoms with Gasteiger partial charge in [-0.05, 0) is 104 Å². The van der Waals surface area contributed by atoms with Crippen molar-refractivity contribution < 1.29 is 0 Å². The second-order valence-corrected chi connectivity index (χ2v) is 15.3. The molecule has 0 bridgehead atoms. The zero-order valence-corrected chi connectivity index (χ0v) is 31.2. The Morgan fingerprint density at radius 3 is 1.74 bits per heavy atom. The van der Waals surface area contributed by atoms with E-state index in [0.29, 0.717) is 0 Å². The van der Waals surface area contributed by atoms with Crippen LogP contribution in [0.3, 0.4) is 0 Å². The summed E-state index contributed by atoms with van der Waals surface area (Å²) in [6.07, 6.45) is 0. The zero-order valence-electron chi connectivity index (χ0n) is 31.2. The first-order chi connectivity index (χ1) is 28.3. The molecule has 9 aromatic carbocycles. The van der Waals surface area contributed by atoms with Gasteiger partial charge in [0, 0.05) is 27.8 Å². The molecule has 1 unspecified atom stereocenters. The van der Waals surface area contributed by atoms with E-state index >= 15 is 0 Å². The van der Waals surface area contributed by atoms with Crippen molar-refractivity contribution in [3.63, 3.8) is 0 Å². The van der Waals surface area contributed by atoms with Crippen molar-refractivity contribution in [2.24, 2.45) is 0 Å². The third kappa shape index (κ3) is 4.53. The number of fused-ring (bicyclic) bond motifs is 12. The van der Waals surface area contributed by atoms with Crippen LogP contribution in [0.2, 0.25) is 0 Å². The molecule has 2 heterocycles. The lowest BCUT2D eigenvalue weighted by molar-refractivity contribution is 0.748. The van der Waals surface area contributed by atoms with Crippen LogP contribution in [0.15, 0.2) is 218 Å². The number of benzene rings is 9. The van der Waals surface area contributed by atoms with Crippen molar-refractivity contribution in [2.45, 2.75) is 5.41 Å². The van der Waals surface area contributed by atoms with Gasteiger partial charge >= 0.3 is 0 Å². The first-order valence-electron chi connectivity index (χ1n) is 19.8. The maximum atomic E-state index is 2.51.